The van der Waals surface area contributed by atoms with E-state index in [-0.39, 0.29) is 12.2 Å². The Bertz CT molecular complexity index is 637. The SMILES string of the molecule is C=CCn1c(SCCCO)nc2ccccc2c1=O. The Morgan fingerprint density at radius 1 is 1.42 bits per heavy atom. The van der Waals surface area contributed by atoms with Gasteiger partial charge in [0.1, 0.15) is 0 Å². The minimum atomic E-state index is -0.0444. The van der Waals surface area contributed by atoms with Crippen LogP contribution in [0.1, 0.15) is 6.42 Å². The maximum atomic E-state index is 12.4. The summed E-state index contributed by atoms with van der Waals surface area (Å²) in [6.07, 6.45) is 2.37. The summed E-state index contributed by atoms with van der Waals surface area (Å²) in [6, 6.07) is 7.33. The fourth-order valence-corrected chi connectivity index (χ4v) is 2.71. The van der Waals surface area contributed by atoms with Crippen LogP contribution < -0.4 is 5.56 Å². The Morgan fingerprint density at radius 2 is 2.21 bits per heavy atom. The van der Waals surface area contributed by atoms with Crippen molar-refractivity contribution in [3.8, 4) is 0 Å². The van der Waals surface area contributed by atoms with E-state index in [1.54, 1.807) is 16.7 Å². The maximum Gasteiger partial charge on any atom is 0.262 e. The lowest BCUT2D eigenvalue weighted by Gasteiger charge is -2.10. The molecule has 0 aliphatic rings. The molecule has 0 aliphatic carbocycles. The molecule has 0 aliphatic heterocycles. The smallest absolute Gasteiger partial charge is 0.262 e. The van der Waals surface area contributed by atoms with Gasteiger partial charge in [-0.05, 0) is 18.6 Å². The van der Waals surface area contributed by atoms with Crippen LogP contribution in [0.25, 0.3) is 10.9 Å². The zero-order valence-electron chi connectivity index (χ0n) is 10.6. The van der Waals surface area contributed by atoms with E-state index in [0.717, 1.165) is 5.75 Å². The number of nitrogens with zero attached hydrogens (tertiary/aromatic N) is 2. The van der Waals surface area contributed by atoms with Crippen LogP contribution in [0.2, 0.25) is 0 Å². The molecule has 0 unspecified atom stereocenters. The van der Waals surface area contributed by atoms with Gasteiger partial charge in [-0.2, -0.15) is 0 Å². The molecule has 5 heteroatoms. The summed E-state index contributed by atoms with van der Waals surface area (Å²) in [4.78, 5) is 16.9. The van der Waals surface area contributed by atoms with Crippen LogP contribution >= 0.6 is 11.8 Å². The number of aliphatic hydroxyl groups is 1. The van der Waals surface area contributed by atoms with E-state index in [0.29, 0.717) is 29.0 Å². The van der Waals surface area contributed by atoms with E-state index in [1.165, 1.54) is 11.8 Å². The molecule has 0 saturated heterocycles. The standard InChI is InChI=1S/C14H16N2O2S/c1-2-8-16-13(18)11-6-3-4-7-12(11)15-14(16)19-10-5-9-17/h2-4,6-7,17H,1,5,8-10H2. The van der Waals surface area contributed by atoms with E-state index >= 15 is 0 Å². The number of aromatic nitrogens is 2. The third kappa shape index (κ3) is 3.05. The Kier molecular flexibility index (Phi) is 4.76. The topological polar surface area (TPSA) is 55.1 Å². The second kappa shape index (κ2) is 6.54. The van der Waals surface area contributed by atoms with Crippen molar-refractivity contribution in [2.45, 2.75) is 18.1 Å². The van der Waals surface area contributed by atoms with Gasteiger partial charge in [-0.1, -0.05) is 30.0 Å². The summed E-state index contributed by atoms with van der Waals surface area (Å²) in [7, 11) is 0. The number of hydrogen-bond acceptors (Lipinski definition) is 4. The molecule has 1 aromatic heterocycles. The molecule has 4 nitrogen and oxygen atoms in total. The second-order valence-corrected chi connectivity index (χ2v) is 5.10. The average Bonchev–Trinajstić information content (AvgIpc) is 2.43. The molecule has 19 heavy (non-hydrogen) atoms. The number of aliphatic hydroxyl groups excluding tert-OH is 1. The van der Waals surface area contributed by atoms with Gasteiger partial charge in [0.05, 0.1) is 10.9 Å². The highest BCUT2D eigenvalue weighted by molar-refractivity contribution is 7.99. The molecular weight excluding hydrogens is 260 g/mol. The molecule has 1 heterocycles. The number of thioether (sulfide) groups is 1. The van der Waals surface area contributed by atoms with Gasteiger partial charge in [-0.25, -0.2) is 4.98 Å². The van der Waals surface area contributed by atoms with Gasteiger partial charge >= 0.3 is 0 Å². The molecule has 0 bridgehead atoms. The Hall–Kier alpha value is -1.59. The first-order valence-electron chi connectivity index (χ1n) is 6.12. The van der Waals surface area contributed by atoms with Crippen molar-refractivity contribution in [2.75, 3.05) is 12.4 Å². The highest BCUT2D eigenvalue weighted by atomic mass is 32.2. The summed E-state index contributed by atoms with van der Waals surface area (Å²) in [5.74, 6) is 0.735. The first kappa shape index (κ1) is 13.8. The number of hydrogen-bond donors (Lipinski definition) is 1. The molecule has 2 rings (SSSR count). The Morgan fingerprint density at radius 3 is 2.95 bits per heavy atom. The first-order chi connectivity index (χ1) is 9.27. The molecule has 0 amide bonds. The summed E-state index contributed by atoms with van der Waals surface area (Å²) >= 11 is 1.48. The molecule has 1 N–H and O–H groups in total. The van der Waals surface area contributed by atoms with Crippen molar-refractivity contribution in [3.05, 3.63) is 47.3 Å². The van der Waals surface area contributed by atoms with Crippen molar-refractivity contribution >= 4 is 22.7 Å². The Balaban J connectivity index is 2.50. The minimum Gasteiger partial charge on any atom is -0.396 e. The summed E-state index contributed by atoms with van der Waals surface area (Å²) in [6.45, 7) is 4.27. The van der Waals surface area contributed by atoms with Crippen molar-refractivity contribution in [1.29, 1.82) is 0 Å². The van der Waals surface area contributed by atoms with Gasteiger partial charge in [0.25, 0.3) is 5.56 Å². The summed E-state index contributed by atoms with van der Waals surface area (Å²) < 4.78 is 1.62. The number of fused-ring (bicyclic) bond motifs is 1. The molecule has 0 atom stereocenters. The van der Waals surface area contributed by atoms with Gasteiger partial charge < -0.3 is 5.11 Å². The van der Waals surface area contributed by atoms with Crippen LogP contribution in [0.15, 0.2) is 46.9 Å². The summed E-state index contributed by atoms with van der Waals surface area (Å²) in [5.41, 5.74) is 0.663. The van der Waals surface area contributed by atoms with Crippen LogP contribution in [-0.2, 0) is 6.54 Å². The lowest BCUT2D eigenvalue weighted by Crippen LogP contribution is -2.22. The molecule has 0 radical (unpaired) electrons. The number of rotatable bonds is 6. The Labute approximate surface area is 115 Å². The fourth-order valence-electron chi connectivity index (χ4n) is 1.78. The number of para-hydroxylation sites is 1. The highest BCUT2D eigenvalue weighted by Gasteiger charge is 2.09. The van der Waals surface area contributed by atoms with E-state index in [9.17, 15) is 4.79 Å². The predicted octanol–water partition coefficient (Wildman–Crippen LogP) is 2.06. The van der Waals surface area contributed by atoms with Crippen molar-refractivity contribution in [1.82, 2.24) is 9.55 Å². The van der Waals surface area contributed by atoms with Crippen LogP contribution in [0.5, 0.6) is 0 Å². The lowest BCUT2D eigenvalue weighted by molar-refractivity contribution is 0.296. The number of benzene rings is 1. The van der Waals surface area contributed by atoms with Gasteiger partial charge in [0, 0.05) is 18.9 Å². The summed E-state index contributed by atoms with van der Waals surface area (Å²) in [5, 5.41) is 10.1. The number of allylic oxidation sites excluding steroid dienone is 1. The molecule has 0 spiro atoms. The quantitative estimate of drug-likeness (QED) is 0.380. The molecule has 2 aromatic rings. The average molecular weight is 276 g/mol. The zero-order valence-corrected chi connectivity index (χ0v) is 11.4. The maximum absolute atomic E-state index is 12.4. The van der Waals surface area contributed by atoms with Crippen molar-refractivity contribution < 1.29 is 5.11 Å². The highest BCUT2D eigenvalue weighted by Crippen LogP contribution is 2.18. The molecule has 100 valence electrons. The molecule has 1 aromatic carbocycles. The monoisotopic (exact) mass is 276 g/mol. The largest absolute Gasteiger partial charge is 0.396 e. The van der Waals surface area contributed by atoms with Crippen LogP contribution in [-0.4, -0.2) is 27.0 Å². The van der Waals surface area contributed by atoms with Gasteiger partial charge in [0.2, 0.25) is 0 Å². The predicted molar refractivity (Wildman–Crippen MR) is 78.6 cm³/mol. The molecule has 0 fully saturated rings. The third-order valence-electron chi connectivity index (χ3n) is 2.67. The normalized spacial score (nSPS) is 10.8. The van der Waals surface area contributed by atoms with Crippen molar-refractivity contribution in [2.24, 2.45) is 0 Å². The minimum absolute atomic E-state index is 0.0444. The lowest BCUT2D eigenvalue weighted by atomic mass is 10.2. The molecular formula is C14H16N2O2S. The first-order valence-corrected chi connectivity index (χ1v) is 7.10. The van der Waals surface area contributed by atoms with E-state index in [2.05, 4.69) is 11.6 Å². The van der Waals surface area contributed by atoms with E-state index in [4.69, 9.17) is 5.11 Å². The van der Waals surface area contributed by atoms with Gasteiger partial charge in [0.15, 0.2) is 5.16 Å². The molecule has 0 saturated carbocycles. The van der Waals surface area contributed by atoms with Crippen LogP contribution in [0.3, 0.4) is 0 Å². The van der Waals surface area contributed by atoms with Gasteiger partial charge in [-0.15, -0.1) is 6.58 Å². The second-order valence-electron chi connectivity index (χ2n) is 4.04. The van der Waals surface area contributed by atoms with Crippen LogP contribution in [0, 0.1) is 0 Å². The fraction of sp³-hybridized carbons (Fsp3) is 0.286. The van der Waals surface area contributed by atoms with E-state index < -0.39 is 0 Å². The van der Waals surface area contributed by atoms with E-state index in [1.807, 2.05) is 18.2 Å². The van der Waals surface area contributed by atoms with Crippen molar-refractivity contribution in [3.63, 3.8) is 0 Å². The van der Waals surface area contributed by atoms with Gasteiger partial charge in [-0.3, -0.25) is 9.36 Å². The van der Waals surface area contributed by atoms with Crippen LogP contribution in [0.4, 0.5) is 0 Å². The third-order valence-corrected chi connectivity index (χ3v) is 3.73. The zero-order chi connectivity index (χ0) is 13.7.